The van der Waals surface area contributed by atoms with E-state index in [0.717, 1.165) is 33.9 Å². The maximum atomic E-state index is 13.2. The van der Waals surface area contributed by atoms with Gasteiger partial charge in [-0.05, 0) is 99.2 Å². The average Bonchev–Trinajstić information content (AvgIpc) is 4.15. The van der Waals surface area contributed by atoms with Crippen LogP contribution in [0.15, 0.2) is 88.3 Å². The highest BCUT2D eigenvalue weighted by atomic mass is 32.2. The molecule has 7 N–H and O–H groups in total. The summed E-state index contributed by atoms with van der Waals surface area (Å²) in [6.45, 7) is 12.8. The number of nitrogens with one attached hydrogen (secondary N) is 3. The van der Waals surface area contributed by atoms with Gasteiger partial charge in [-0.15, -0.1) is 5.06 Å². The molecule has 5 amide bonds. The zero-order valence-electron chi connectivity index (χ0n) is 45.3. The Balaban J connectivity index is 0.930. The molecule has 22 nitrogen and oxygen atoms in total. The number of hydrogen-bond donors (Lipinski definition) is 6. The molecule has 3 aromatic carbocycles. The van der Waals surface area contributed by atoms with Crippen LogP contribution in [0.1, 0.15) is 125 Å². The van der Waals surface area contributed by atoms with Crippen molar-refractivity contribution in [2.24, 2.45) is 5.73 Å². The van der Waals surface area contributed by atoms with Crippen LogP contribution in [0.25, 0.3) is 0 Å². The normalized spacial score (nSPS) is 16.2. The van der Waals surface area contributed by atoms with Gasteiger partial charge in [-0.2, -0.15) is 21.4 Å². The summed E-state index contributed by atoms with van der Waals surface area (Å²) in [6, 6.07) is 14.4. The molecule has 0 bridgehead atoms. The number of allylic oxidation sites excluding steroid dienone is 4. The molecule has 3 aliphatic rings. The Morgan fingerprint density at radius 1 is 0.734 bits per heavy atom. The molecule has 0 unspecified atom stereocenters. The highest BCUT2D eigenvalue weighted by Gasteiger charge is 2.45. The second-order valence-electron chi connectivity index (χ2n) is 20.3. The van der Waals surface area contributed by atoms with E-state index in [1.807, 2.05) is 52.8 Å². The summed E-state index contributed by atoms with van der Waals surface area (Å²) in [7, 11) is -8.90. The van der Waals surface area contributed by atoms with Crippen LogP contribution in [0.4, 0.5) is 11.4 Å². The van der Waals surface area contributed by atoms with Crippen molar-refractivity contribution in [3.63, 3.8) is 0 Å². The maximum absolute atomic E-state index is 13.2. The van der Waals surface area contributed by atoms with Gasteiger partial charge in [-0.25, -0.2) is 4.79 Å². The number of carbonyl (C=O) groups excluding carboxylic acids is 6. The minimum absolute atomic E-state index is 0.0000325. The van der Waals surface area contributed by atoms with Crippen LogP contribution in [-0.4, -0.2) is 129 Å². The number of unbranched alkanes of at least 4 members (excludes halogenated alkanes) is 2. The van der Waals surface area contributed by atoms with Gasteiger partial charge in [0, 0.05) is 111 Å². The van der Waals surface area contributed by atoms with Gasteiger partial charge in [0.1, 0.15) is 6.54 Å². The number of hydroxylamine groups is 2. The Hall–Kier alpha value is -6.67. The van der Waals surface area contributed by atoms with Gasteiger partial charge in [-0.3, -0.25) is 33.1 Å². The second kappa shape index (κ2) is 27.0. The molecule has 1 saturated heterocycles. The van der Waals surface area contributed by atoms with E-state index in [1.54, 1.807) is 30.3 Å². The summed E-state index contributed by atoms with van der Waals surface area (Å²) in [6.07, 6.45) is 8.21. The summed E-state index contributed by atoms with van der Waals surface area (Å²) in [5.41, 5.74) is 11.3. The van der Waals surface area contributed by atoms with E-state index in [0.29, 0.717) is 54.1 Å². The minimum Gasteiger partial charge on any atom is -0.377 e. The third kappa shape index (κ3) is 15.8. The Bertz CT molecular complexity index is 3120. The molecule has 24 heteroatoms. The third-order valence-electron chi connectivity index (χ3n) is 14.0. The van der Waals surface area contributed by atoms with Crippen LogP contribution < -0.4 is 26.6 Å². The summed E-state index contributed by atoms with van der Waals surface area (Å²) >= 11 is 0. The van der Waals surface area contributed by atoms with Crippen molar-refractivity contribution < 1.29 is 73.6 Å². The first-order chi connectivity index (χ1) is 37.4. The number of anilines is 1. The van der Waals surface area contributed by atoms with Crippen LogP contribution in [0.2, 0.25) is 0 Å². The average molecular weight is 1140 g/mol. The van der Waals surface area contributed by atoms with E-state index in [-0.39, 0.29) is 119 Å². The van der Waals surface area contributed by atoms with Crippen molar-refractivity contribution in [1.82, 2.24) is 21.0 Å². The monoisotopic (exact) mass is 1130 g/mol. The Morgan fingerprint density at radius 3 is 2.00 bits per heavy atom. The number of hydrogen-bond acceptors (Lipinski definition) is 15. The molecule has 0 aromatic heterocycles. The predicted octanol–water partition coefficient (Wildman–Crippen LogP) is 4.81. The van der Waals surface area contributed by atoms with E-state index in [4.69, 9.17) is 20.0 Å². The quantitative estimate of drug-likeness (QED) is 0.0235. The van der Waals surface area contributed by atoms with Crippen LogP contribution in [-0.2, 0) is 82.4 Å². The van der Waals surface area contributed by atoms with Gasteiger partial charge in [-0.1, -0.05) is 32.1 Å². The molecule has 0 spiro atoms. The fourth-order valence-electron chi connectivity index (χ4n) is 9.79. The molecule has 3 aliphatic heterocycles. The fourth-order valence-corrected chi connectivity index (χ4v) is 10.8. The minimum atomic E-state index is -4.48. The highest BCUT2D eigenvalue weighted by Crippen LogP contribution is 2.48. The second-order valence-corrected chi connectivity index (χ2v) is 23.1. The molecule has 0 atom stereocenters. The number of fused-ring (bicyclic) bond motifs is 2. The fraction of sp³-hybridized carbons (Fsp3) is 0.473. The van der Waals surface area contributed by atoms with E-state index in [9.17, 15) is 54.7 Å². The lowest BCUT2D eigenvalue weighted by molar-refractivity contribution is -0.438. The molecule has 3 heterocycles. The van der Waals surface area contributed by atoms with E-state index >= 15 is 0 Å². The Morgan fingerprint density at radius 2 is 1.35 bits per heavy atom. The lowest BCUT2D eigenvalue weighted by atomic mass is 9.81. The number of imide groups is 1. The van der Waals surface area contributed by atoms with E-state index < -0.39 is 48.8 Å². The zero-order chi connectivity index (χ0) is 57.7. The first-order valence-corrected chi connectivity index (χ1v) is 29.2. The predicted molar refractivity (Wildman–Crippen MR) is 291 cm³/mol. The third-order valence-corrected chi connectivity index (χ3v) is 15.7. The summed E-state index contributed by atoms with van der Waals surface area (Å²) in [5.74, 6) is -2.71. The number of likely N-dealkylation sites (N-methyl/N-ethyl adjacent to an activating group) is 1. The number of nitrogens with zero attached hydrogens (tertiary/aromatic N) is 3. The van der Waals surface area contributed by atoms with E-state index in [1.165, 1.54) is 24.3 Å². The van der Waals surface area contributed by atoms with Crippen molar-refractivity contribution in [2.75, 3.05) is 57.5 Å². The molecule has 79 heavy (non-hydrogen) atoms. The number of rotatable bonds is 29. The van der Waals surface area contributed by atoms with Gasteiger partial charge < -0.3 is 40.9 Å². The molecular weight excluding hydrogens is 1060 g/mol. The van der Waals surface area contributed by atoms with Crippen molar-refractivity contribution in [2.45, 2.75) is 126 Å². The molecule has 0 saturated carbocycles. The van der Waals surface area contributed by atoms with Crippen LogP contribution in [0, 0.1) is 0 Å². The largest absolute Gasteiger partial charge is 0.377 e. The molecule has 3 aromatic rings. The molecule has 1 fully saturated rings. The van der Waals surface area contributed by atoms with Crippen molar-refractivity contribution in [1.29, 1.82) is 0 Å². The summed E-state index contributed by atoms with van der Waals surface area (Å²) < 4.78 is 81.4. The Kier molecular flexibility index (Phi) is 21.0. The number of benzene rings is 3. The van der Waals surface area contributed by atoms with Gasteiger partial charge in [0.15, 0.2) is 5.71 Å². The highest BCUT2D eigenvalue weighted by molar-refractivity contribution is 7.86. The lowest BCUT2D eigenvalue weighted by Crippen LogP contribution is -2.32. The van der Waals surface area contributed by atoms with Gasteiger partial charge in [0.2, 0.25) is 17.5 Å². The first-order valence-electron chi connectivity index (χ1n) is 26.3. The maximum Gasteiger partial charge on any atom is 0.333 e. The van der Waals surface area contributed by atoms with Crippen molar-refractivity contribution in [3.8, 4) is 0 Å². The molecule has 428 valence electrons. The number of ether oxygens (including phenoxy) is 2. The topological polar surface area (TPSA) is 310 Å². The van der Waals surface area contributed by atoms with Gasteiger partial charge in [0.05, 0.1) is 41.6 Å². The van der Waals surface area contributed by atoms with Crippen LogP contribution >= 0.6 is 0 Å². The number of nitrogens with two attached hydrogens (primary N) is 1. The summed E-state index contributed by atoms with van der Waals surface area (Å²) in [5, 5.41) is 8.91. The Labute approximate surface area is 461 Å². The summed E-state index contributed by atoms with van der Waals surface area (Å²) in [4.78, 5) is 79.8. The van der Waals surface area contributed by atoms with E-state index in [2.05, 4.69) is 25.4 Å². The first kappa shape index (κ1) is 61.5. The van der Waals surface area contributed by atoms with Crippen molar-refractivity contribution in [3.05, 3.63) is 106 Å². The molecule has 0 aliphatic carbocycles. The molecule has 6 rings (SSSR count). The standard InChI is InChI=1S/C55H71N7O15S2/c1-6-60-44-21-19-39(78(69,70)71)33-42(44)54(2,3)46(60)12-10-13-47-55(4,5)43-34-40(79(72,73)74)20-22-45(43)61(47)27-9-7-8-14-49(64)59-36-37-17-18-38(35-56)41(32-37)53(68)58-26-29-76-31-30-75-28-25-57-48(63)15-11-16-52(67)77-62-50(65)23-24-51(62)66/h10,12-13,17-22,32-34H,6-9,11,14-16,23-31,35-36,56H2,1-5H3,(H4-,57,58,59,63,64,68,69,70,71,72,73,74)/p+1. The molecular formula is C55H72N7O15S2+. The lowest BCUT2D eigenvalue weighted by Gasteiger charge is -2.25. The smallest absolute Gasteiger partial charge is 0.333 e. The zero-order valence-corrected chi connectivity index (χ0v) is 46.9. The van der Waals surface area contributed by atoms with Crippen molar-refractivity contribution >= 4 is 72.8 Å². The van der Waals surface area contributed by atoms with Crippen LogP contribution in [0.3, 0.4) is 0 Å². The van der Waals surface area contributed by atoms with Crippen LogP contribution in [0.5, 0.6) is 0 Å². The number of carbonyl (C=O) groups is 6. The van der Waals surface area contributed by atoms with Gasteiger partial charge in [0.25, 0.3) is 38.0 Å². The SMILES string of the molecule is CCN1/C(=C/C=C/C2=[N+](CCCCCC(=O)NCc3ccc(CN)c(C(=O)NCCOCCOCCNC(=O)CCCC(=O)ON4C(=O)CCC4=O)c3)c3ccc(S(=O)(=O)O)cc3C2(C)C)C(C)(C)c2cc(S(=O)(=O)O)ccc21. The number of amides is 5. The van der Waals surface area contributed by atoms with Gasteiger partial charge >= 0.3 is 5.97 Å². The molecule has 0 radical (unpaired) electrons.